The number of fused-ring (bicyclic) bond motifs is 1. The molecule has 0 radical (unpaired) electrons. The summed E-state index contributed by atoms with van der Waals surface area (Å²) in [5.41, 5.74) is -1.85. The van der Waals surface area contributed by atoms with Gasteiger partial charge < -0.3 is 24.8 Å². The van der Waals surface area contributed by atoms with E-state index in [1.54, 1.807) is 6.92 Å². The van der Waals surface area contributed by atoms with Gasteiger partial charge in [0, 0.05) is 6.04 Å². The van der Waals surface area contributed by atoms with Crippen LogP contribution >= 0.6 is 0 Å². The maximum absolute atomic E-state index is 13.7. The molecule has 3 rings (SSSR count). The molecule has 2 amide bonds. The van der Waals surface area contributed by atoms with Gasteiger partial charge in [-0.05, 0) is 46.5 Å². The second-order valence-electron chi connectivity index (χ2n) is 8.74. The van der Waals surface area contributed by atoms with Gasteiger partial charge in [0.1, 0.15) is 17.6 Å². The zero-order valence-corrected chi connectivity index (χ0v) is 18.1. The molecule has 6 atom stereocenters. The summed E-state index contributed by atoms with van der Waals surface area (Å²) >= 11 is 0. The van der Waals surface area contributed by atoms with Gasteiger partial charge in [0.2, 0.25) is 11.8 Å². The van der Waals surface area contributed by atoms with Crippen molar-refractivity contribution in [2.24, 2.45) is 11.8 Å². The van der Waals surface area contributed by atoms with E-state index in [2.05, 4.69) is 5.32 Å². The maximum atomic E-state index is 13.7. The Morgan fingerprint density at radius 1 is 1.31 bits per heavy atom. The molecule has 8 heteroatoms. The number of ether oxygens (including phenoxy) is 2. The van der Waals surface area contributed by atoms with Gasteiger partial charge in [0.25, 0.3) is 0 Å². The minimum Gasteiger partial charge on any atom is -0.466 e. The van der Waals surface area contributed by atoms with Crippen molar-refractivity contribution in [3.05, 3.63) is 0 Å². The molecule has 2 unspecified atom stereocenters. The number of amides is 2. The molecule has 0 aromatic heterocycles. The van der Waals surface area contributed by atoms with E-state index in [-0.39, 0.29) is 31.1 Å². The van der Waals surface area contributed by atoms with E-state index in [4.69, 9.17) is 9.47 Å². The summed E-state index contributed by atoms with van der Waals surface area (Å²) in [6.07, 6.45) is 2.20. The lowest BCUT2D eigenvalue weighted by Crippen LogP contribution is -2.58. The molecule has 29 heavy (non-hydrogen) atoms. The monoisotopic (exact) mass is 410 g/mol. The number of esters is 1. The highest BCUT2D eigenvalue weighted by atomic mass is 16.6. The van der Waals surface area contributed by atoms with Crippen LogP contribution in [0.2, 0.25) is 0 Å². The molecule has 0 aromatic carbocycles. The highest BCUT2D eigenvalue weighted by Crippen LogP contribution is 2.64. The third-order valence-corrected chi connectivity index (χ3v) is 6.91. The van der Waals surface area contributed by atoms with E-state index in [1.165, 1.54) is 4.90 Å². The number of nitrogens with one attached hydrogen (secondary N) is 1. The Labute approximate surface area is 172 Å². The van der Waals surface area contributed by atoms with Crippen LogP contribution in [0.5, 0.6) is 0 Å². The Bertz CT molecular complexity index is 678. The van der Waals surface area contributed by atoms with Crippen LogP contribution in [0.3, 0.4) is 0 Å². The lowest BCUT2D eigenvalue weighted by molar-refractivity contribution is -0.162. The number of rotatable bonds is 8. The molecule has 3 aliphatic heterocycles. The first-order valence-corrected chi connectivity index (χ1v) is 10.8. The number of hydrogen-bond acceptors (Lipinski definition) is 6. The lowest BCUT2D eigenvalue weighted by Gasteiger charge is -2.37. The fourth-order valence-electron chi connectivity index (χ4n) is 5.72. The van der Waals surface area contributed by atoms with Crippen LogP contribution < -0.4 is 5.32 Å². The number of likely N-dealkylation sites (tertiary alicyclic amines) is 1. The normalized spacial score (nSPS) is 36.4. The van der Waals surface area contributed by atoms with Crippen molar-refractivity contribution < 1.29 is 29.0 Å². The zero-order valence-electron chi connectivity index (χ0n) is 18.1. The molecular formula is C21H34N2O6. The van der Waals surface area contributed by atoms with Crippen LogP contribution in [-0.2, 0) is 23.9 Å². The Morgan fingerprint density at radius 3 is 2.52 bits per heavy atom. The summed E-state index contributed by atoms with van der Waals surface area (Å²) in [6, 6.07) is -1.48. The van der Waals surface area contributed by atoms with E-state index < -0.39 is 41.1 Å². The average Bonchev–Trinajstić information content (AvgIpc) is 3.27. The minimum absolute atomic E-state index is 0.108. The van der Waals surface area contributed by atoms with Crippen LogP contribution in [0.25, 0.3) is 0 Å². The highest BCUT2D eigenvalue weighted by Gasteiger charge is 2.79. The quantitative estimate of drug-likeness (QED) is 0.579. The molecule has 0 saturated carbocycles. The summed E-state index contributed by atoms with van der Waals surface area (Å²) in [6.45, 7) is 9.24. The Balaban J connectivity index is 2.11. The first-order chi connectivity index (χ1) is 13.7. The van der Waals surface area contributed by atoms with Gasteiger partial charge in [-0.1, -0.05) is 13.8 Å². The zero-order chi connectivity index (χ0) is 21.6. The first-order valence-electron chi connectivity index (χ1n) is 10.8. The summed E-state index contributed by atoms with van der Waals surface area (Å²) in [7, 11) is 0. The van der Waals surface area contributed by atoms with E-state index >= 15 is 0 Å². The van der Waals surface area contributed by atoms with Crippen LogP contribution in [0.1, 0.15) is 60.3 Å². The van der Waals surface area contributed by atoms with Crippen LogP contribution in [-0.4, -0.2) is 70.3 Å². The Hall–Kier alpha value is -1.67. The number of aliphatic hydroxyl groups excluding tert-OH is 1. The smallest absolute Gasteiger partial charge is 0.312 e. The van der Waals surface area contributed by atoms with Gasteiger partial charge in [-0.15, -0.1) is 0 Å². The molecular weight excluding hydrogens is 376 g/mol. The first kappa shape index (κ1) is 22.0. The van der Waals surface area contributed by atoms with Crippen molar-refractivity contribution >= 4 is 17.8 Å². The summed E-state index contributed by atoms with van der Waals surface area (Å²) in [5, 5.41) is 12.8. The second-order valence-corrected chi connectivity index (χ2v) is 8.74. The van der Waals surface area contributed by atoms with Gasteiger partial charge in [-0.3, -0.25) is 14.4 Å². The van der Waals surface area contributed by atoms with Crippen molar-refractivity contribution in [2.75, 3.05) is 13.2 Å². The number of aliphatic hydroxyl groups is 1. The lowest BCUT2D eigenvalue weighted by atomic mass is 9.65. The van der Waals surface area contributed by atoms with Crippen molar-refractivity contribution in [2.45, 2.75) is 89.6 Å². The Kier molecular flexibility index (Phi) is 5.98. The average molecular weight is 411 g/mol. The summed E-state index contributed by atoms with van der Waals surface area (Å²) < 4.78 is 11.9. The van der Waals surface area contributed by atoms with Gasteiger partial charge in [-0.2, -0.15) is 0 Å². The van der Waals surface area contributed by atoms with Gasteiger partial charge in [0.15, 0.2) is 0 Å². The van der Waals surface area contributed by atoms with E-state index in [9.17, 15) is 19.5 Å². The molecule has 0 aliphatic carbocycles. The number of carbonyl (C=O) groups is 3. The Morgan fingerprint density at radius 2 is 2.00 bits per heavy atom. The molecule has 164 valence electrons. The summed E-state index contributed by atoms with van der Waals surface area (Å²) in [5.74, 6) is -2.51. The standard InChI is InChI=1S/C21H34N2O6/c1-6-13(11-24)23-16(17(25)22-12(4)5)21-10-9-20(7-2,29-21)15(14(21)18(23)26)19(27)28-8-3/h12-16,24H,6-11H2,1-5H3,(H,22,25)/t13-,14-,15-,16?,20+,21?/m0/s1. The van der Waals surface area contributed by atoms with Crippen molar-refractivity contribution in [3.63, 3.8) is 0 Å². The minimum atomic E-state index is -1.06. The third kappa shape index (κ3) is 3.06. The molecule has 8 nitrogen and oxygen atoms in total. The molecule has 3 aliphatic rings. The largest absolute Gasteiger partial charge is 0.466 e. The van der Waals surface area contributed by atoms with Crippen molar-refractivity contribution in [1.82, 2.24) is 10.2 Å². The van der Waals surface area contributed by atoms with E-state index in [1.807, 2.05) is 27.7 Å². The van der Waals surface area contributed by atoms with Crippen molar-refractivity contribution in [1.29, 1.82) is 0 Å². The molecule has 2 bridgehead atoms. The van der Waals surface area contributed by atoms with Crippen LogP contribution in [0.15, 0.2) is 0 Å². The second kappa shape index (κ2) is 7.87. The number of hydrogen-bond donors (Lipinski definition) is 2. The predicted octanol–water partition coefficient (Wildman–Crippen LogP) is 1.000. The number of carbonyl (C=O) groups excluding carboxylic acids is 3. The molecule has 2 N–H and O–H groups in total. The van der Waals surface area contributed by atoms with Crippen LogP contribution in [0, 0.1) is 11.8 Å². The number of nitrogens with zero attached hydrogens (tertiary/aromatic N) is 1. The van der Waals surface area contributed by atoms with Gasteiger partial charge >= 0.3 is 5.97 Å². The SMILES string of the molecule is CCOC(=O)[C@@H]1[C@H]2C(=O)N([C@@H](CC)CO)C(C(=O)NC(C)C)C23CC[C@@]1(CC)O3. The summed E-state index contributed by atoms with van der Waals surface area (Å²) in [4.78, 5) is 41.4. The van der Waals surface area contributed by atoms with Gasteiger partial charge in [-0.25, -0.2) is 0 Å². The highest BCUT2D eigenvalue weighted by molar-refractivity contribution is 5.98. The fraction of sp³-hybridized carbons (Fsp3) is 0.857. The maximum Gasteiger partial charge on any atom is 0.312 e. The molecule has 3 fully saturated rings. The van der Waals surface area contributed by atoms with E-state index in [0.717, 1.165) is 0 Å². The third-order valence-electron chi connectivity index (χ3n) is 6.91. The van der Waals surface area contributed by atoms with E-state index in [0.29, 0.717) is 25.7 Å². The van der Waals surface area contributed by atoms with Gasteiger partial charge in [0.05, 0.1) is 30.8 Å². The molecule has 1 spiro atoms. The predicted molar refractivity (Wildman–Crippen MR) is 105 cm³/mol. The van der Waals surface area contributed by atoms with Crippen LogP contribution in [0.4, 0.5) is 0 Å². The molecule has 3 saturated heterocycles. The molecule has 3 heterocycles. The fourth-order valence-corrected chi connectivity index (χ4v) is 5.72. The topological polar surface area (TPSA) is 105 Å². The molecule has 0 aromatic rings. The van der Waals surface area contributed by atoms with Crippen molar-refractivity contribution in [3.8, 4) is 0 Å².